The Morgan fingerprint density at radius 3 is 2.62 bits per heavy atom. The highest BCUT2D eigenvalue weighted by atomic mass is 79.9. The maximum absolute atomic E-state index is 11.3. The summed E-state index contributed by atoms with van der Waals surface area (Å²) in [6.07, 6.45) is 7.05. The first-order valence-corrected chi connectivity index (χ1v) is 6.11. The minimum atomic E-state index is 0.0450. The van der Waals surface area contributed by atoms with Gasteiger partial charge in [0.15, 0.2) is 0 Å². The zero-order valence-corrected chi connectivity index (χ0v) is 10.7. The number of hydrogen-bond acceptors (Lipinski definition) is 1. The molecule has 0 aromatic heterocycles. The van der Waals surface area contributed by atoms with Gasteiger partial charge in [-0.15, -0.1) is 0 Å². The molecule has 0 N–H and O–H groups in total. The van der Waals surface area contributed by atoms with E-state index in [0.717, 1.165) is 22.0 Å². The molecule has 2 rings (SSSR count). The minimum absolute atomic E-state index is 0.0450. The van der Waals surface area contributed by atoms with Crippen molar-refractivity contribution in [1.29, 1.82) is 0 Å². The van der Waals surface area contributed by atoms with Gasteiger partial charge in [0.1, 0.15) is 5.78 Å². The highest BCUT2D eigenvalue weighted by Crippen LogP contribution is 2.26. The molecule has 0 saturated carbocycles. The van der Waals surface area contributed by atoms with Crippen LogP contribution in [-0.2, 0) is 4.79 Å². The molecule has 1 aromatic carbocycles. The van der Waals surface area contributed by atoms with E-state index >= 15 is 0 Å². The molecule has 2 heteroatoms. The average Bonchev–Trinajstić information content (AvgIpc) is 2.30. The molecule has 16 heavy (non-hydrogen) atoms. The van der Waals surface area contributed by atoms with E-state index in [0.29, 0.717) is 0 Å². The third kappa shape index (κ3) is 2.50. The fraction of sp³-hybridized carbons (Fsp3) is 0.214. The Balaban J connectivity index is 2.30. The molecule has 0 fully saturated rings. The third-order valence-corrected chi connectivity index (χ3v) is 3.30. The number of ketones is 1. The number of carbonyl (C=O) groups excluding carboxylic acids is 1. The molecular weight excluding hydrogens is 264 g/mol. The minimum Gasteiger partial charge on any atom is -0.299 e. The van der Waals surface area contributed by atoms with E-state index in [-0.39, 0.29) is 11.7 Å². The second-order valence-corrected chi connectivity index (χ2v) is 4.90. The third-order valence-electron chi connectivity index (χ3n) is 2.77. The zero-order chi connectivity index (χ0) is 11.5. The normalized spacial score (nSPS) is 19.4. The van der Waals surface area contributed by atoms with Crippen LogP contribution in [0.5, 0.6) is 0 Å². The Morgan fingerprint density at radius 1 is 1.31 bits per heavy atom. The molecule has 0 spiro atoms. The zero-order valence-electron chi connectivity index (χ0n) is 9.11. The van der Waals surface area contributed by atoms with Crippen molar-refractivity contribution in [2.45, 2.75) is 13.3 Å². The highest BCUT2D eigenvalue weighted by molar-refractivity contribution is 9.10. The van der Waals surface area contributed by atoms with Gasteiger partial charge in [-0.25, -0.2) is 0 Å². The Hall–Kier alpha value is -1.15. The van der Waals surface area contributed by atoms with Gasteiger partial charge >= 0.3 is 0 Å². The first-order chi connectivity index (χ1) is 7.66. The molecule has 0 heterocycles. The number of allylic oxidation sites excluding steroid dienone is 4. The SMILES string of the molecule is CC(=O)C1C=C(c2ccc(Br)cc2)C=CC1. The standard InChI is InChI=1S/C14H13BrO/c1-10(16)12-3-2-4-13(9-12)11-5-7-14(15)8-6-11/h2,4-9,12H,3H2,1H3. The summed E-state index contributed by atoms with van der Waals surface area (Å²) in [5.74, 6) is 0.280. The van der Waals surface area contributed by atoms with Gasteiger partial charge in [0.25, 0.3) is 0 Å². The first-order valence-electron chi connectivity index (χ1n) is 5.31. The molecule has 82 valence electrons. The van der Waals surface area contributed by atoms with E-state index in [1.165, 1.54) is 0 Å². The summed E-state index contributed by atoms with van der Waals surface area (Å²) >= 11 is 3.41. The van der Waals surface area contributed by atoms with Crippen LogP contribution in [0.2, 0.25) is 0 Å². The molecule has 0 amide bonds. The van der Waals surface area contributed by atoms with Crippen LogP contribution in [0, 0.1) is 5.92 Å². The Labute approximate surface area is 104 Å². The smallest absolute Gasteiger partial charge is 0.136 e. The van der Waals surface area contributed by atoms with Gasteiger partial charge in [0.2, 0.25) is 0 Å². The fourth-order valence-electron chi connectivity index (χ4n) is 1.80. The summed E-state index contributed by atoms with van der Waals surface area (Å²) in [6.45, 7) is 1.65. The van der Waals surface area contributed by atoms with Gasteiger partial charge in [0, 0.05) is 10.4 Å². The molecule has 0 bridgehead atoms. The Bertz CT molecular complexity index is 454. The fourth-order valence-corrected chi connectivity index (χ4v) is 2.06. The Morgan fingerprint density at radius 2 is 2.00 bits per heavy atom. The molecular formula is C14H13BrO. The lowest BCUT2D eigenvalue weighted by Gasteiger charge is -2.14. The summed E-state index contributed by atoms with van der Waals surface area (Å²) < 4.78 is 1.07. The van der Waals surface area contributed by atoms with Crippen molar-refractivity contribution in [2.24, 2.45) is 5.92 Å². The van der Waals surface area contributed by atoms with Crippen molar-refractivity contribution in [3.63, 3.8) is 0 Å². The number of carbonyl (C=O) groups is 1. The van der Waals surface area contributed by atoms with E-state index in [4.69, 9.17) is 0 Å². The lowest BCUT2D eigenvalue weighted by atomic mass is 9.90. The molecule has 1 aliphatic rings. The second kappa shape index (κ2) is 4.79. The molecule has 1 aromatic rings. The maximum Gasteiger partial charge on any atom is 0.136 e. The van der Waals surface area contributed by atoms with Crippen LogP contribution >= 0.6 is 15.9 Å². The van der Waals surface area contributed by atoms with E-state index in [9.17, 15) is 4.79 Å². The van der Waals surface area contributed by atoms with Crippen LogP contribution < -0.4 is 0 Å². The summed E-state index contributed by atoms with van der Waals surface area (Å²) in [5, 5.41) is 0. The quantitative estimate of drug-likeness (QED) is 0.798. The van der Waals surface area contributed by atoms with Crippen molar-refractivity contribution >= 4 is 27.3 Å². The van der Waals surface area contributed by atoms with Crippen LogP contribution in [0.3, 0.4) is 0 Å². The second-order valence-electron chi connectivity index (χ2n) is 3.98. The number of rotatable bonds is 2. The molecule has 1 aliphatic carbocycles. The predicted molar refractivity (Wildman–Crippen MR) is 70.0 cm³/mol. The topological polar surface area (TPSA) is 17.1 Å². The van der Waals surface area contributed by atoms with Gasteiger partial charge < -0.3 is 0 Å². The van der Waals surface area contributed by atoms with Gasteiger partial charge in [-0.1, -0.05) is 46.3 Å². The number of Topliss-reactive ketones (excluding diaryl/α,β-unsaturated/α-hetero) is 1. The molecule has 0 aliphatic heterocycles. The van der Waals surface area contributed by atoms with Gasteiger partial charge in [-0.05, 0) is 36.6 Å². The monoisotopic (exact) mass is 276 g/mol. The lowest BCUT2D eigenvalue weighted by Crippen LogP contribution is -2.09. The maximum atomic E-state index is 11.3. The summed E-state index contributed by atoms with van der Waals surface area (Å²) in [4.78, 5) is 11.3. The largest absolute Gasteiger partial charge is 0.299 e. The number of benzene rings is 1. The Kier molecular flexibility index (Phi) is 3.39. The molecule has 1 unspecified atom stereocenters. The van der Waals surface area contributed by atoms with E-state index in [1.54, 1.807) is 6.92 Å². The number of halogens is 1. The van der Waals surface area contributed by atoms with Gasteiger partial charge in [-0.3, -0.25) is 4.79 Å². The van der Waals surface area contributed by atoms with Crippen LogP contribution in [-0.4, -0.2) is 5.78 Å². The molecule has 0 saturated heterocycles. The summed E-state index contributed by atoms with van der Waals surface area (Å²) in [7, 11) is 0. The van der Waals surface area contributed by atoms with E-state index < -0.39 is 0 Å². The van der Waals surface area contributed by atoms with Crippen molar-refractivity contribution < 1.29 is 4.79 Å². The van der Waals surface area contributed by atoms with Crippen LogP contribution in [0.15, 0.2) is 47.0 Å². The highest BCUT2D eigenvalue weighted by Gasteiger charge is 2.14. The molecule has 1 atom stereocenters. The van der Waals surface area contributed by atoms with Gasteiger partial charge in [0.05, 0.1) is 0 Å². The van der Waals surface area contributed by atoms with Crippen molar-refractivity contribution in [2.75, 3.05) is 0 Å². The van der Waals surface area contributed by atoms with E-state index in [1.807, 2.05) is 12.1 Å². The van der Waals surface area contributed by atoms with Crippen LogP contribution in [0.1, 0.15) is 18.9 Å². The van der Waals surface area contributed by atoms with Crippen LogP contribution in [0.25, 0.3) is 5.57 Å². The molecule has 0 radical (unpaired) electrons. The summed E-state index contributed by atoms with van der Waals surface area (Å²) in [5.41, 5.74) is 2.30. The van der Waals surface area contributed by atoms with E-state index in [2.05, 4.69) is 46.3 Å². The number of hydrogen-bond donors (Lipinski definition) is 0. The van der Waals surface area contributed by atoms with Crippen molar-refractivity contribution in [1.82, 2.24) is 0 Å². The summed E-state index contributed by atoms with van der Waals surface area (Å²) in [6, 6.07) is 8.15. The van der Waals surface area contributed by atoms with Gasteiger partial charge in [-0.2, -0.15) is 0 Å². The average molecular weight is 277 g/mol. The van der Waals surface area contributed by atoms with Crippen molar-refractivity contribution in [3.8, 4) is 0 Å². The first kappa shape index (κ1) is 11.3. The van der Waals surface area contributed by atoms with Crippen molar-refractivity contribution in [3.05, 3.63) is 52.5 Å². The predicted octanol–water partition coefficient (Wildman–Crippen LogP) is 4.00. The molecule has 1 nitrogen and oxygen atoms in total. The van der Waals surface area contributed by atoms with Crippen LogP contribution in [0.4, 0.5) is 0 Å². The lowest BCUT2D eigenvalue weighted by molar-refractivity contribution is -0.119.